The Morgan fingerprint density at radius 3 is 2.48 bits per heavy atom. The van der Waals surface area contributed by atoms with Crippen molar-refractivity contribution in [3.63, 3.8) is 0 Å². The Labute approximate surface area is 250 Å². The van der Waals surface area contributed by atoms with Gasteiger partial charge in [-0.25, -0.2) is 0 Å². The maximum Gasteiger partial charge on any atom is 0.0995 e. The lowest BCUT2D eigenvalue weighted by molar-refractivity contribution is 0.588. The largest absolute Gasteiger partial charge is 0.378 e. The molecular weight excluding hydrogens is 514 g/mol. The van der Waals surface area contributed by atoms with E-state index in [2.05, 4.69) is 107 Å². The average molecular weight is 556 g/mol. The summed E-state index contributed by atoms with van der Waals surface area (Å²) in [6.07, 6.45) is 6.52. The van der Waals surface area contributed by atoms with Gasteiger partial charge in [-0.3, -0.25) is 9.98 Å². The molecule has 5 nitrogen and oxygen atoms in total. The molecule has 1 atom stereocenters. The number of aromatic nitrogens is 1. The van der Waals surface area contributed by atoms with Gasteiger partial charge in [-0.05, 0) is 89.4 Å². The summed E-state index contributed by atoms with van der Waals surface area (Å²) < 4.78 is 0. The van der Waals surface area contributed by atoms with Crippen LogP contribution in [-0.2, 0) is 19.4 Å². The van der Waals surface area contributed by atoms with Crippen LogP contribution in [0.3, 0.4) is 0 Å². The van der Waals surface area contributed by atoms with Crippen LogP contribution in [0.5, 0.6) is 0 Å². The number of benzene rings is 3. The highest BCUT2D eigenvalue weighted by Gasteiger charge is 2.27. The van der Waals surface area contributed by atoms with E-state index in [1.54, 1.807) is 0 Å². The minimum Gasteiger partial charge on any atom is -0.378 e. The molecule has 0 saturated carbocycles. The van der Waals surface area contributed by atoms with Gasteiger partial charge >= 0.3 is 0 Å². The van der Waals surface area contributed by atoms with E-state index in [0.717, 1.165) is 65.1 Å². The lowest BCUT2D eigenvalue weighted by Gasteiger charge is -2.20. The number of nitriles is 1. The Morgan fingerprint density at radius 1 is 1.02 bits per heavy atom. The number of aryl methyl sites for hydroxylation is 1. The van der Waals surface area contributed by atoms with Gasteiger partial charge in [-0.15, -0.1) is 0 Å². The third-order valence-corrected chi connectivity index (χ3v) is 8.26. The van der Waals surface area contributed by atoms with Gasteiger partial charge in [-0.1, -0.05) is 64.1 Å². The van der Waals surface area contributed by atoms with Crippen molar-refractivity contribution in [2.45, 2.75) is 79.4 Å². The molecule has 5 heteroatoms. The van der Waals surface area contributed by atoms with Crippen LogP contribution in [-0.4, -0.2) is 17.2 Å². The third-order valence-electron chi connectivity index (χ3n) is 8.26. The number of nitrogens with one attached hydrogen (secondary N) is 2. The van der Waals surface area contributed by atoms with Crippen LogP contribution in [0, 0.1) is 25.2 Å². The first-order valence-electron chi connectivity index (χ1n) is 15.1. The summed E-state index contributed by atoms with van der Waals surface area (Å²) in [5.41, 5.74) is 14.4. The van der Waals surface area contributed by atoms with Crippen LogP contribution in [0.4, 0.5) is 11.4 Å². The van der Waals surface area contributed by atoms with Gasteiger partial charge in [-0.2, -0.15) is 5.26 Å². The number of fused-ring (bicyclic) bond motifs is 1. The molecule has 214 valence electrons. The molecule has 1 aliphatic heterocycles. The summed E-state index contributed by atoms with van der Waals surface area (Å²) in [5.74, 6) is 0. The summed E-state index contributed by atoms with van der Waals surface area (Å²) in [6, 6.07) is 22.4. The van der Waals surface area contributed by atoms with Crippen molar-refractivity contribution in [1.29, 1.82) is 5.26 Å². The lowest BCUT2D eigenvalue weighted by atomic mass is 9.88. The van der Waals surface area contributed by atoms with Crippen molar-refractivity contribution in [1.82, 2.24) is 10.3 Å². The number of nitrogens with zero attached hydrogens (tertiary/aromatic N) is 3. The molecule has 2 N–H and O–H groups in total. The molecule has 0 radical (unpaired) electrons. The Balaban J connectivity index is 1.52. The first-order chi connectivity index (χ1) is 20.3. The molecule has 4 aromatic rings. The van der Waals surface area contributed by atoms with Crippen molar-refractivity contribution in [3.05, 3.63) is 99.7 Å². The van der Waals surface area contributed by atoms with Gasteiger partial charge in [0.25, 0.3) is 0 Å². The quantitative estimate of drug-likeness (QED) is 0.202. The number of aliphatic imine (C=N–C) groups is 1. The zero-order valence-corrected chi connectivity index (χ0v) is 25.7. The molecule has 2 heterocycles. The molecule has 1 aliphatic rings. The van der Waals surface area contributed by atoms with Gasteiger partial charge in [0.05, 0.1) is 29.1 Å². The highest BCUT2D eigenvalue weighted by molar-refractivity contribution is 5.84. The summed E-state index contributed by atoms with van der Waals surface area (Å²) in [6.45, 7) is 13.7. The summed E-state index contributed by atoms with van der Waals surface area (Å²) >= 11 is 0. The highest BCUT2D eigenvalue weighted by atomic mass is 15.0. The molecule has 42 heavy (non-hydrogen) atoms. The summed E-state index contributed by atoms with van der Waals surface area (Å²) in [7, 11) is 0. The van der Waals surface area contributed by atoms with Crippen molar-refractivity contribution in [2.24, 2.45) is 4.99 Å². The van der Waals surface area contributed by atoms with Crippen LogP contribution in [0.15, 0.2) is 65.8 Å². The van der Waals surface area contributed by atoms with E-state index in [-0.39, 0.29) is 6.04 Å². The summed E-state index contributed by atoms with van der Waals surface area (Å²) in [4.78, 5) is 9.76. The van der Waals surface area contributed by atoms with Crippen LogP contribution >= 0.6 is 0 Å². The molecule has 1 unspecified atom stereocenters. The molecular formula is C37H41N5. The number of pyridine rings is 1. The first kappa shape index (κ1) is 29.2. The van der Waals surface area contributed by atoms with E-state index in [4.69, 9.17) is 9.98 Å². The van der Waals surface area contributed by atoms with Gasteiger partial charge < -0.3 is 10.6 Å². The number of anilines is 1. The summed E-state index contributed by atoms with van der Waals surface area (Å²) in [5, 5.41) is 17.0. The first-order valence-corrected chi connectivity index (χ1v) is 15.1. The monoisotopic (exact) mass is 555 g/mol. The van der Waals surface area contributed by atoms with Crippen LogP contribution in [0.25, 0.3) is 22.4 Å². The zero-order chi connectivity index (χ0) is 29.8. The van der Waals surface area contributed by atoms with Gasteiger partial charge in [0.15, 0.2) is 0 Å². The SMILES string of the molecule is CC/C=N\c1cc(CNC(C)C)cnc1-c1cccc(-c2cccc(C3Cc4c(C#N)cc(CC)cc4N3)c2C)c1C. The fourth-order valence-corrected chi connectivity index (χ4v) is 5.93. The van der Waals surface area contributed by atoms with Crippen LogP contribution < -0.4 is 10.6 Å². The van der Waals surface area contributed by atoms with Crippen molar-refractivity contribution < 1.29 is 0 Å². The van der Waals surface area contributed by atoms with Crippen molar-refractivity contribution >= 4 is 17.6 Å². The van der Waals surface area contributed by atoms with Crippen molar-refractivity contribution in [3.8, 4) is 28.5 Å². The molecule has 0 saturated heterocycles. The van der Waals surface area contributed by atoms with Gasteiger partial charge in [0.1, 0.15) is 0 Å². The minimum atomic E-state index is 0.131. The molecule has 5 rings (SSSR count). The smallest absolute Gasteiger partial charge is 0.0995 e. The van der Waals surface area contributed by atoms with Crippen LogP contribution in [0.1, 0.15) is 79.1 Å². The third kappa shape index (κ3) is 5.86. The van der Waals surface area contributed by atoms with E-state index in [9.17, 15) is 5.26 Å². The normalized spacial score (nSPS) is 14.3. The maximum absolute atomic E-state index is 9.81. The minimum absolute atomic E-state index is 0.131. The standard InChI is InChI=1S/C37H41N5/c1-7-15-39-36-18-27(21-40-23(3)4)22-41-37(36)32-14-10-12-30(25(32)6)29-11-9-13-31(24(29)5)35-19-33-28(20-38)16-26(8-2)17-34(33)42-35/h9-18,22-23,35,40,42H,7-8,19,21H2,1-6H3/b39-15-. The molecule has 0 fully saturated rings. The van der Waals surface area contributed by atoms with Gasteiger partial charge in [0, 0.05) is 42.7 Å². The Bertz CT molecular complexity index is 1670. The predicted octanol–water partition coefficient (Wildman–Crippen LogP) is 8.79. The van der Waals surface area contributed by atoms with Gasteiger partial charge in [0.2, 0.25) is 0 Å². The molecule has 3 aromatic carbocycles. The maximum atomic E-state index is 9.81. The lowest BCUT2D eigenvalue weighted by Crippen LogP contribution is -2.21. The molecule has 0 amide bonds. The topological polar surface area (TPSA) is 73.1 Å². The molecule has 0 spiro atoms. The Hall–Kier alpha value is -4.27. The zero-order valence-electron chi connectivity index (χ0n) is 25.7. The number of hydrogen-bond acceptors (Lipinski definition) is 5. The van der Waals surface area contributed by atoms with Crippen LogP contribution in [0.2, 0.25) is 0 Å². The van der Waals surface area contributed by atoms with E-state index >= 15 is 0 Å². The average Bonchev–Trinajstić information content (AvgIpc) is 3.43. The number of rotatable bonds is 9. The van der Waals surface area contributed by atoms with E-state index in [0.29, 0.717) is 6.04 Å². The second kappa shape index (κ2) is 12.7. The predicted molar refractivity (Wildman–Crippen MR) is 176 cm³/mol. The van der Waals surface area contributed by atoms with E-state index in [1.807, 2.05) is 18.5 Å². The second-order valence-corrected chi connectivity index (χ2v) is 11.5. The van der Waals surface area contributed by atoms with Crippen molar-refractivity contribution in [2.75, 3.05) is 5.32 Å². The number of hydrogen-bond donors (Lipinski definition) is 2. The Morgan fingerprint density at radius 2 is 1.76 bits per heavy atom. The molecule has 0 bridgehead atoms. The second-order valence-electron chi connectivity index (χ2n) is 11.5. The fourth-order valence-electron chi connectivity index (χ4n) is 5.93. The van der Waals surface area contributed by atoms with E-state index < -0.39 is 0 Å². The van der Waals surface area contributed by atoms with E-state index in [1.165, 1.54) is 33.4 Å². The molecule has 0 aliphatic carbocycles. The molecule has 1 aromatic heterocycles. The fraction of sp³-hybridized carbons (Fsp3) is 0.324. The Kier molecular flexibility index (Phi) is 8.85. The highest BCUT2D eigenvalue weighted by Crippen LogP contribution is 2.42.